The number of rotatable bonds is 5. The number of aryl methyl sites for hydroxylation is 2. The van der Waals surface area contributed by atoms with Gasteiger partial charge in [-0.1, -0.05) is 34.1 Å². The Bertz CT molecular complexity index is 1120. The molecule has 2 aromatic heterocycles. The molecule has 2 heterocycles. The molecule has 0 atom stereocenters. The summed E-state index contributed by atoms with van der Waals surface area (Å²) in [5.41, 5.74) is 1.25. The maximum absolute atomic E-state index is 12.4. The normalized spacial score (nSPS) is 10.9. The maximum Gasteiger partial charge on any atom is 0.349 e. The van der Waals surface area contributed by atoms with E-state index in [1.807, 2.05) is 24.3 Å². The number of esters is 1. The Kier molecular flexibility index (Phi) is 5.95. The van der Waals surface area contributed by atoms with Gasteiger partial charge in [-0.05, 0) is 24.1 Å². The molecule has 0 aliphatic heterocycles. The summed E-state index contributed by atoms with van der Waals surface area (Å²) >= 11 is 4.54. The van der Waals surface area contributed by atoms with Crippen molar-refractivity contribution in [3.63, 3.8) is 0 Å². The van der Waals surface area contributed by atoms with Crippen molar-refractivity contribution in [1.29, 1.82) is 0 Å². The Morgan fingerprint density at radius 2 is 2.04 bits per heavy atom. The smallest absolute Gasteiger partial charge is 0.349 e. The number of amides is 1. The summed E-state index contributed by atoms with van der Waals surface area (Å²) in [6, 6.07) is 7.60. The largest absolute Gasteiger partial charge is 0.451 e. The van der Waals surface area contributed by atoms with E-state index in [1.165, 1.54) is 15.8 Å². The van der Waals surface area contributed by atoms with Gasteiger partial charge in [-0.15, -0.1) is 11.3 Å². The number of benzene rings is 1. The van der Waals surface area contributed by atoms with Crippen LogP contribution < -0.4 is 5.56 Å². The number of carbonyl (C=O) groups excluding carboxylic acids is 2. The minimum Gasteiger partial charge on any atom is -0.451 e. The Hall–Kier alpha value is -2.52. The maximum atomic E-state index is 12.4. The molecule has 7 nitrogen and oxygen atoms in total. The molecule has 0 N–H and O–H groups in total. The van der Waals surface area contributed by atoms with Crippen molar-refractivity contribution in [3.8, 4) is 0 Å². The van der Waals surface area contributed by atoms with Gasteiger partial charge < -0.3 is 14.2 Å². The van der Waals surface area contributed by atoms with Gasteiger partial charge in [0.25, 0.3) is 11.5 Å². The zero-order chi connectivity index (χ0) is 20.4. The Morgan fingerprint density at radius 1 is 1.32 bits per heavy atom. The number of thiophene rings is 1. The lowest BCUT2D eigenvalue weighted by Crippen LogP contribution is -2.30. The molecular formula is C19H18BrN3O4S. The molecule has 0 aliphatic carbocycles. The van der Waals surface area contributed by atoms with Gasteiger partial charge in [0.15, 0.2) is 6.61 Å². The first-order valence-corrected chi connectivity index (χ1v) is 9.99. The summed E-state index contributed by atoms with van der Waals surface area (Å²) in [4.78, 5) is 43.4. The van der Waals surface area contributed by atoms with Crippen LogP contribution >= 0.6 is 27.3 Å². The van der Waals surface area contributed by atoms with E-state index in [9.17, 15) is 14.4 Å². The lowest BCUT2D eigenvalue weighted by molar-refractivity contribution is -0.133. The van der Waals surface area contributed by atoms with Crippen LogP contribution in [0, 0.1) is 6.92 Å². The Balaban J connectivity index is 1.68. The zero-order valence-corrected chi connectivity index (χ0v) is 18.0. The summed E-state index contributed by atoms with van der Waals surface area (Å²) in [6.07, 6.45) is 1.41. The first kappa shape index (κ1) is 20.2. The molecule has 28 heavy (non-hydrogen) atoms. The summed E-state index contributed by atoms with van der Waals surface area (Å²) < 4.78 is 7.45. The Labute approximate surface area is 173 Å². The lowest BCUT2D eigenvalue weighted by Gasteiger charge is -2.18. The van der Waals surface area contributed by atoms with Crippen molar-refractivity contribution in [3.05, 3.63) is 61.4 Å². The fourth-order valence-electron chi connectivity index (χ4n) is 2.68. The molecule has 0 saturated heterocycles. The number of carbonyl (C=O) groups is 2. The molecule has 3 rings (SSSR count). The third-order valence-corrected chi connectivity index (χ3v) is 6.27. The van der Waals surface area contributed by atoms with Crippen molar-refractivity contribution in [2.24, 2.45) is 7.05 Å². The van der Waals surface area contributed by atoms with E-state index in [2.05, 4.69) is 20.9 Å². The van der Waals surface area contributed by atoms with Gasteiger partial charge in [-0.25, -0.2) is 9.78 Å². The molecule has 146 valence electrons. The molecule has 0 bridgehead atoms. The SMILES string of the molecule is Cc1c(C(=O)OCC(=O)N(C)Cc2ccccc2Br)sc2ncn(C)c(=O)c12. The predicted molar refractivity (Wildman–Crippen MR) is 110 cm³/mol. The number of likely N-dealkylation sites (N-methyl/N-ethyl adjacent to an activating group) is 1. The number of halogens is 1. The second-order valence-corrected chi connectivity index (χ2v) is 8.17. The van der Waals surface area contributed by atoms with Crippen molar-refractivity contribution in [1.82, 2.24) is 14.5 Å². The number of nitrogens with zero attached hydrogens (tertiary/aromatic N) is 3. The average Bonchev–Trinajstić information content (AvgIpc) is 3.01. The van der Waals surface area contributed by atoms with E-state index in [4.69, 9.17) is 4.74 Å². The summed E-state index contributed by atoms with van der Waals surface area (Å²) in [5, 5.41) is 0.402. The highest BCUT2D eigenvalue weighted by molar-refractivity contribution is 9.10. The van der Waals surface area contributed by atoms with Gasteiger partial charge >= 0.3 is 5.97 Å². The highest BCUT2D eigenvalue weighted by Crippen LogP contribution is 2.27. The second-order valence-electron chi connectivity index (χ2n) is 6.31. The molecule has 1 aromatic carbocycles. The fraction of sp³-hybridized carbons (Fsp3) is 0.263. The van der Waals surface area contributed by atoms with E-state index >= 15 is 0 Å². The standard InChI is InChI=1S/C19H18BrN3O4S/c1-11-15-17(21-10-23(3)18(15)25)28-16(11)19(26)27-9-14(24)22(2)8-12-6-4-5-7-13(12)20/h4-7,10H,8-9H2,1-3H3. The monoisotopic (exact) mass is 463 g/mol. The van der Waals surface area contributed by atoms with Gasteiger partial charge in [-0.2, -0.15) is 0 Å². The first-order valence-electron chi connectivity index (χ1n) is 8.38. The number of hydrogen-bond donors (Lipinski definition) is 0. The van der Waals surface area contributed by atoms with E-state index in [0.29, 0.717) is 22.3 Å². The molecule has 1 amide bonds. The number of fused-ring (bicyclic) bond motifs is 1. The van der Waals surface area contributed by atoms with E-state index in [-0.39, 0.29) is 23.0 Å². The Morgan fingerprint density at radius 3 is 2.75 bits per heavy atom. The van der Waals surface area contributed by atoms with Crippen LogP contribution in [0.25, 0.3) is 10.2 Å². The van der Waals surface area contributed by atoms with E-state index < -0.39 is 5.97 Å². The minimum absolute atomic E-state index is 0.220. The van der Waals surface area contributed by atoms with Crippen LogP contribution in [0.4, 0.5) is 0 Å². The van der Waals surface area contributed by atoms with Gasteiger partial charge in [0.2, 0.25) is 0 Å². The van der Waals surface area contributed by atoms with Crippen molar-refractivity contribution >= 4 is 49.4 Å². The van der Waals surface area contributed by atoms with Gasteiger partial charge in [0, 0.05) is 25.1 Å². The topological polar surface area (TPSA) is 81.5 Å². The van der Waals surface area contributed by atoms with Crippen LogP contribution in [0.2, 0.25) is 0 Å². The lowest BCUT2D eigenvalue weighted by atomic mass is 10.2. The van der Waals surface area contributed by atoms with E-state index in [1.54, 1.807) is 21.0 Å². The van der Waals surface area contributed by atoms with Gasteiger partial charge in [-0.3, -0.25) is 9.59 Å². The third kappa shape index (κ3) is 4.00. The van der Waals surface area contributed by atoms with Crippen LogP contribution in [-0.4, -0.2) is 40.0 Å². The number of hydrogen-bond acceptors (Lipinski definition) is 6. The fourth-order valence-corrected chi connectivity index (χ4v) is 4.12. The summed E-state index contributed by atoms with van der Waals surface area (Å²) in [5.74, 6) is -0.956. The molecule has 0 aliphatic rings. The molecule has 3 aromatic rings. The van der Waals surface area contributed by atoms with Crippen molar-refractivity contribution < 1.29 is 14.3 Å². The average molecular weight is 464 g/mol. The minimum atomic E-state index is -0.634. The van der Waals surface area contributed by atoms with Crippen LogP contribution in [0.3, 0.4) is 0 Å². The predicted octanol–water partition coefficient (Wildman–Crippen LogP) is 2.88. The summed E-state index contributed by atoms with van der Waals surface area (Å²) in [7, 11) is 3.25. The number of ether oxygens (including phenoxy) is 1. The highest BCUT2D eigenvalue weighted by atomic mass is 79.9. The van der Waals surface area contributed by atoms with Crippen molar-refractivity contribution in [2.45, 2.75) is 13.5 Å². The first-order chi connectivity index (χ1) is 13.3. The molecule has 0 fully saturated rings. The third-order valence-electron chi connectivity index (χ3n) is 4.31. The molecule has 9 heteroatoms. The molecule has 0 unspecified atom stereocenters. The van der Waals surface area contributed by atoms with Crippen molar-refractivity contribution in [2.75, 3.05) is 13.7 Å². The van der Waals surface area contributed by atoms with E-state index in [0.717, 1.165) is 21.4 Å². The quantitative estimate of drug-likeness (QED) is 0.543. The van der Waals surface area contributed by atoms with Crippen LogP contribution in [0.5, 0.6) is 0 Å². The molecule has 0 radical (unpaired) electrons. The van der Waals surface area contributed by atoms with Crippen LogP contribution in [-0.2, 0) is 23.1 Å². The molecule has 0 saturated carbocycles. The molecule has 0 spiro atoms. The second kappa shape index (κ2) is 8.24. The van der Waals surface area contributed by atoms with Crippen LogP contribution in [0.1, 0.15) is 20.8 Å². The number of aromatic nitrogens is 2. The summed E-state index contributed by atoms with van der Waals surface area (Å²) in [6.45, 7) is 1.69. The van der Waals surface area contributed by atoms with Crippen LogP contribution in [0.15, 0.2) is 39.9 Å². The highest BCUT2D eigenvalue weighted by Gasteiger charge is 2.21. The molecular weight excluding hydrogens is 446 g/mol. The van der Waals surface area contributed by atoms with Gasteiger partial charge in [0.1, 0.15) is 9.71 Å². The van der Waals surface area contributed by atoms with Gasteiger partial charge in [0.05, 0.1) is 11.7 Å². The zero-order valence-electron chi connectivity index (χ0n) is 15.6.